The molecule has 0 heterocycles. The van der Waals surface area contributed by atoms with E-state index in [1.165, 1.54) is 0 Å². The van der Waals surface area contributed by atoms with E-state index in [1.54, 1.807) is 0 Å². The van der Waals surface area contributed by atoms with Crippen LogP contribution in [0, 0.1) is 0 Å². The SMILES string of the molecule is O=CS(=O)(=O)N(Br)Br. The number of carbonyl (C=O) groups excluding carboxylic acids is 1. The molecule has 0 N–H and O–H groups in total. The van der Waals surface area contributed by atoms with Crippen molar-refractivity contribution < 1.29 is 13.2 Å². The van der Waals surface area contributed by atoms with E-state index in [9.17, 15) is 13.2 Å². The maximum atomic E-state index is 10.2. The Hall–Kier alpha value is 0.540. The lowest BCUT2D eigenvalue weighted by atomic mass is 11.8. The molecule has 0 aliphatic carbocycles. The van der Waals surface area contributed by atoms with Crippen LogP contribution < -0.4 is 0 Å². The van der Waals surface area contributed by atoms with Crippen LogP contribution in [0.2, 0.25) is 0 Å². The van der Waals surface area contributed by atoms with Crippen LogP contribution in [0.15, 0.2) is 0 Å². The van der Waals surface area contributed by atoms with Crippen molar-refractivity contribution in [2.24, 2.45) is 0 Å². The number of hydrogen-bond acceptors (Lipinski definition) is 3. The summed E-state index contributed by atoms with van der Waals surface area (Å²) in [5.74, 6) is 0. The Kier molecular flexibility index (Phi) is 3.10. The minimum absolute atomic E-state index is 0.184. The van der Waals surface area contributed by atoms with Crippen molar-refractivity contribution in [3.63, 3.8) is 0 Å². The minimum atomic E-state index is -3.75. The molecule has 0 aliphatic heterocycles. The van der Waals surface area contributed by atoms with Crippen molar-refractivity contribution in [1.29, 1.82) is 0 Å². The van der Waals surface area contributed by atoms with E-state index in [0.29, 0.717) is 2.36 Å². The smallest absolute Gasteiger partial charge is 0.284 e. The number of halogens is 2. The van der Waals surface area contributed by atoms with Crippen LogP contribution in [0.3, 0.4) is 0 Å². The minimum Gasteiger partial charge on any atom is -0.284 e. The van der Waals surface area contributed by atoms with Gasteiger partial charge in [0.1, 0.15) is 0 Å². The second-order valence-electron chi connectivity index (χ2n) is 0.813. The Morgan fingerprint density at radius 3 is 1.75 bits per heavy atom. The quantitative estimate of drug-likeness (QED) is 0.538. The fraction of sp³-hybridized carbons (Fsp3) is 0. The first-order chi connectivity index (χ1) is 3.50. The predicted molar refractivity (Wildman–Crippen MR) is 35.4 cm³/mol. The lowest BCUT2D eigenvalue weighted by molar-refractivity contribution is 0.552. The van der Waals surface area contributed by atoms with E-state index in [0.717, 1.165) is 0 Å². The Morgan fingerprint density at radius 1 is 1.38 bits per heavy atom. The van der Waals surface area contributed by atoms with E-state index >= 15 is 0 Å². The molecule has 0 aromatic rings. The third-order valence-corrected chi connectivity index (χ3v) is 3.36. The van der Waals surface area contributed by atoms with Gasteiger partial charge in [0.25, 0.3) is 15.6 Å². The molecule has 0 saturated carbocycles. The summed E-state index contributed by atoms with van der Waals surface area (Å²) in [6, 6.07) is 0. The highest BCUT2D eigenvalue weighted by molar-refractivity contribution is 9.23. The first kappa shape index (κ1) is 8.54. The Labute approximate surface area is 63.6 Å². The van der Waals surface area contributed by atoms with Gasteiger partial charge in [0.15, 0.2) is 0 Å². The zero-order chi connectivity index (χ0) is 6.78. The van der Waals surface area contributed by atoms with Gasteiger partial charge >= 0.3 is 0 Å². The molecular formula is CHBr2NO3S. The highest BCUT2D eigenvalue weighted by atomic mass is 79.9. The van der Waals surface area contributed by atoms with Crippen LogP contribution >= 0.6 is 32.3 Å². The summed E-state index contributed by atoms with van der Waals surface area (Å²) in [7, 11) is -3.75. The molecule has 0 aromatic carbocycles. The number of hydrogen-bond donors (Lipinski definition) is 0. The molecular weight excluding hydrogens is 266 g/mol. The molecule has 7 heteroatoms. The largest absolute Gasteiger partial charge is 0.293 e. The van der Waals surface area contributed by atoms with Crippen LogP contribution in [0.25, 0.3) is 0 Å². The normalized spacial score (nSPS) is 11.9. The summed E-state index contributed by atoms with van der Waals surface area (Å²) in [5.41, 5.74) is -0.184. The van der Waals surface area contributed by atoms with Crippen LogP contribution in [0.1, 0.15) is 0 Å². The van der Waals surface area contributed by atoms with Crippen molar-refractivity contribution >= 4 is 47.9 Å². The first-order valence-corrected chi connectivity index (χ1v) is 4.25. The summed E-state index contributed by atoms with van der Waals surface area (Å²) in [6.07, 6.45) is 0. The Balaban J connectivity index is 4.40. The Bertz CT molecular complexity index is 172. The van der Waals surface area contributed by atoms with Gasteiger partial charge in [-0.1, -0.05) is 2.36 Å². The molecule has 0 rings (SSSR count). The second kappa shape index (κ2) is 2.90. The molecule has 0 atom stereocenters. The van der Waals surface area contributed by atoms with Gasteiger partial charge < -0.3 is 0 Å². The maximum absolute atomic E-state index is 10.2. The van der Waals surface area contributed by atoms with Crippen molar-refractivity contribution in [3.05, 3.63) is 0 Å². The first-order valence-electron chi connectivity index (χ1n) is 1.33. The number of carbonyl (C=O) groups is 1. The van der Waals surface area contributed by atoms with Crippen molar-refractivity contribution in [2.75, 3.05) is 0 Å². The molecule has 0 saturated heterocycles. The van der Waals surface area contributed by atoms with Crippen LogP contribution in [-0.2, 0) is 14.8 Å². The van der Waals surface area contributed by atoms with E-state index in [-0.39, 0.29) is 5.62 Å². The standard InChI is InChI=1S/CHBr2NO3S/c2-4(3)8(6,7)1-5/h1H. The molecule has 0 amide bonds. The van der Waals surface area contributed by atoms with E-state index in [2.05, 4.69) is 32.3 Å². The van der Waals surface area contributed by atoms with Crippen LogP contribution in [0.5, 0.6) is 0 Å². The van der Waals surface area contributed by atoms with Gasteiger partial charge in [-0.15, -0.1) is 0 Å². The molecule has 0 radical (unpaired) electrons. The van der Waals surface area contributed by atoms with E-state index in [1.807, 2.05) is 0 Å². The fourth-order valence-electron chi connectivity index (χ4n) is 0.0325. The molecule has 8 heavy (non-hydrogen) atoms. The van der Waals surface area contributed by atoms with Gasteiger partial charge in [-0.05, 0) is 0 Å². The average Bonchev–Trinajstić information content (AvgIpc) is 1.67. The van der Waals surface area contributed by atoms with Gasteiger partial charge in [-0.2, -0.15) is 0 Å². The lowest BCUT2D eigenvalue weighted by Gasteiger charge is -1.95. The molecule has 0 bridgehead atoms. The number of nitrogens with zero attached hydrogens (tertiary/aromatic N) is 1. The van der Waals surface area contributed by atoms with Crippen molar-refractivity contribution in [1.82, 2.24) is 2.36 Å². The van der Waals surface area contributed by atoms with Gasteiger partial charge in [0.05, 0.1) is 0 Å². The highest BCUT2D eigenvalue weighted by Crippen LogP contribution is 2.10. The molecule has 0 aromatic heterocycles. The molecule has 0 spiro atoms. The van der Waals surface area contributed by atoms with E-state index in [4.69, 9.17) is 0 Å². The molecule has 0 unspecified atom stereocenters. The fourth-order valence-corrected chi connectivity index (χ4v) is 0.507. The van der Waals surface area contributed by atoms with Crippen LogP contribution in [0.4, 0.5) is 0 Å². The van der Waals surface area contributed by atoms with Gasteiger partial charge in [-0.3, -0.25) is 4.79 Å². The number of rotatable bonds is 2. The van der Waals surface area contributed by atoms with E-state index < -0.39 is 10.0 Å². The Morgan fingerprint density at radius 2 is 1.75 bits per heavy atom. The monoisotopic (exact) mass is 265 g/mol. The van der Waals surface area contributed by atoms with Gasteiger partial charge in [0.2, 0.25) is 0 Å². The summed E-state index contributed by atoms with van der Waals surface area (Å²) in [4.78, 5) is 9.58. The number of sulfonamides is 1. The predicted octanol–water partition coefficient (Wildman–Crippen LogP) is 0.428. The molecule has 0 fully saturated rings. The maximum Gasteiger partial charge on any atom is 0.293 e. The molecule has 0 aliphatic rings. The summed E-state index contributed by atoms with van der Waals surface area (Å²) >= 11 is 4.97. The second-order valence-corrected chi connectivity index (χ2v) is 5.71. The van der Waals surface area contributed by atoms with Crippen molar-refractivity contribution in [2.45, 2.75) is 0 Å². The zero-order valence-corrected chi connectivity index (χ0v) is 7.40. The average molecular weight is 267 g/mol. The topological polar surface area (TPSA) is 54.5 Å². The molecule has 48 valence electrons. The zero-order valence-electron chi connectivity index (χ0n) is 3.41. The summed E-state index contributed by atoms with van der Waals surface area (Å²) < 4.78 is 20.8. The lowest BCUT2D eigenvalue weighted by Crippen LogP contribution is -2.10. The summed E-state index contributed by atoms with van der Waals surface area (Å²) in [6.45, 7) is 0. The third kappa shape index (κ3) is 2.21. The van der Waals surface area contributed by atoms with Crippen LogP contribution in [-0.4, -0.2) is 16.4 Å². The van der Waals surface area contributed by atoms with Gasteiger partial charge in [0, 0.05) is 32.3 Å². The third-order valence-electron chi connectivity index (χ3n) is 0.314. The molecule has 4 nitrogen and oxygen atoms in total. The van der Waals surface area contributed by atoms with Crippen molar-refractivity contribution in [3.8, 4) is 0 Å². The highest BCUT2D eigenvalue weighted by Gasteiger charge is 2.13. The summed E-state index contributed by atoms with van der Waals surface area (Å²) in [5, 5.41) is 0. The van der Waals surface area contributed by atoms with Gasteiger partial charge in [-0.25, -0.2) is 8.42 Å².